The van der Waals surface area contributed by atoms with Gasteiger partial charge >= 0.3 is 0 Å². The summed E-state index contributed by atoms with van der Waals surface area (Å²) < 4.78 is 2.12. The average Bonchev–Trinajstić information content (AvgIpc) is 2.33. The largest absolute Gasteiger partial charge is 0.365 e. The Balaban J connectivity index is 2.07. The summed E-state index contributed by atoms with van der Waals surface area (Å²) in [6.45, 7) is 2.82. The first kappa shape index (κ1) is 12.6. The highest BCUT2D eigenvalue weighted by molar-refractivity contribution is 9.11. The topological polar surface area (TPSA) is 24.9 Å². The maximum atomic E-state index is 4.30. The van der Waals surface area contributed by atoms with Crippen LogP contribution < -0.4 is 5.32 Å². The molecule has 1 N–H and O–H groups in total. The van der Waals surface area contributed by atoms with Gasteiger partial charge in [-0.1, -0.05) is 28.1 Å². The van der Waals surface area contributed by atoms with Crippen molar-refractivity contribution in [3.63, 3.8) is 0 Å². The number of rotatable bonds is 3. The normalized spacial score (nSPS) is 10.3. The molecule has 4 heteroatoms. The average molecular weight is 356 g/mol. The number of aromatic nitrogens is 1. The van der Waals surface area contributed by atoms with Gasteiger partial charge in [0.25, 0.3) is 0 Å². The second kappa shape index (κ2) is 5.65. The summed E-state index contributed by atoms with van der Waals surface area (Å²) in [5.74, 6) is 0.882. The minimum Gasteiger partial charge on any atom is -0.365 e. The molecule has 0 bridgehead atoms. The van der Waals surface area contributed by atoms with Crippen molar-refractivity contribution in [2.24, 2.45) is 0 Å². The summed E-state index contributed by atoms with van der Waals surface area (Å²) in [6, 6.07) is 10.2. The smallest absolute Gasteiger partial charge is 0.140 e. The van der Waals surface area contributed by atoms with E-state index in [1.54, 1.807) is 0 Å². The summed E-state index contributed by atoms with van der Waals surface area (Å²) in [4.78, 5) is 4.30. The number of anilines is 1. The fourth-order valence-electron chi connectivity index (χ4n) is 1.45. The number of nitrogens with zero attached hydrogens (tertiary/aromatic N) is 1. The van der Waals surface area contributed by atoms with Crippen LogP contribution in [0.5, 0.6) is 0 Å². The van der Waals surface area contributed by atoms with E-state index in [0.717, 1.165) is 21.3 Å². The molecule has 0 saturated heterocycles. The van der Waals surface area contributed by atoms with Gasteiger partial charge in [0.05, 0.1) is 4.47 Å². The second-order valence-corrected chi connectivity index (χ2v) is 5.48. The molecule has 1 aromatic carbocycles. The SMILES string of the molecule is Cc1ccnc(NCc2ccc(Br)cc2)c1Br. The Kier molecular flexibility index (Phi) is 4.18. The Morgan fingerprint density at radius 2 is 1.82 bits per heavy atom. The molecule has 0 spiro atoms. The van der Waals surface area contributed by atoms with Gasteiger partial charge in [-0.2, -0.15) is 0 Å². The van der Waals surface area contributed by atoms with E-state index in [1.807, 2.05) is 24.4 Å². The predicted octanol–water partition coefficient (Wildman–Crippen LogP) is 4.53. The van der Waals surface area contributed by atoms with Gasteiger partial charge < -0.3 is 5.32 Å². The molecular formula is C13H12Br2N2. The van der Waals surface area contributed by atoms with Crippen LogP contribution in [0.15, 0.2) is 45.5 Å². The van der Waals surface area contributed by atoms with Crippen molar-refractivity contribution in [3.8, 4) is 0 Å². The van der Waals surface area contributed by atoms with Gasteiger partial charge in [-0.25, -0.2) is 4.98 Å². The third-order valence-corrected chi connectivity index (χ3v) is 3.99. The van der Waals surface area contributed by atoms with E-state index in [2.05, 4.69) is 61.2 Å². The standard InChI is InChI=1S/C13H12Br2N2/c1-9-6-7-16-13(12(9)15)17-8-10-2-4-11(14)5-3-10/h2-7H,8H2,1H3,(H,16,17). The molecule has 0 fully saturated rings. The predicted molar refractivity (Wildman–Crippen MR) is 78.1 cm³/mol. The van der Waals surface area contributed by atoms with Crippen LogP contribution in [0, 0.1) is 6.92 Å². The van der Waals surface area contributed by atoms with Crippen molar-refractivity contribution in [2.45, 2.75) is 13.5 Å². The molecule has 0 aliphatic rings. The maximum absolute atomic E-state index is 4.30. The molecule has 0 aliphatic heterocycles. The van der Waals surface area contributed by atoms with Crippen molar-refractivity contribution in [1.82, 2.24) is 4.98 Å². The van der Waals surface area contributed by atoms with Crippen LogP contribution in [0.25, 0.3) is 0 Å². The third kappa shape index (κ3) is 3.30. The summed E-state index contributed by atoms with van der Waals surface area (Å²) >= 11 is 6.96. The maximum Gasteiger partial charge on any atom is 0.140 e. The van der Waals surface area contributed by atoms with Crippen molar-refractivity contribution >= 4 is 37.7 Å². The van der Waals surface area contributed by atoms with Crippen LogP contribution in [0.3, 0.4) is 0 Å². The van der Waals surface area contributed by atoms with Gasteiger partial charge in [0, 0.05) is 17.2 Å². The second-order valence-electron chi connectivity index (χ2n) is 3.77. The molecule has 17 heavy (non-hydrogen) atoms. The van der Waals surface area contributed by atoms with Crippen LogP contribution in [0.4, 0.5) is 5.82 Å². The minimum atomic E-state index is 0.766. The van der Waals surface area contributed by atoms with Crippen LogP contribution in [0.2, 0.25) is 0 Å². The van der Waals surface area contributed by atoms with Crippen molar-refractivity contribution in [2.75, 3.05) is 5.32 Å². The van der Waals surface area contributed by atoms with E-state index in [9.17, 15) is 0 Å². The zero-order valence-electron chi connectivity index (χ0n) is 9.37. The van der Waals surface area contributed by atoms with Crippen molar-refractivity contribution < 1.29 is 0 Å². The van der Waals surface area contributed by atoms with Crippen LogP contribution in [-0.4, -0.2) is 4.98 Å². The summed E-state index contributed by atoms with van der Waals surface area (Å²) in [5, 5.41) is 3.32. The molecule has 2 aromatic rings. The highest BCUT2D eigenvalue weighted by atomic mass is 79.9. The molecular weight excluding hydrogens is 344 g/mol. The lowest BCUT2D eigenvalue weighted by Gasteiger charge is -2.09. The lowest BCUT2D eigenvalue weighted by Crippen LogP contribution is -2.02. The van der Waals surface area contributed by atoms with Gasteiger partial charge in [-0.05, 0) is 52.2 Å². The van der Waals surface area contributed by atoms with Crippen molar-refractivity contribution in [3.05, 3.63) is 56.6 Å². The zero-order valence-corrected chi connectivity index (χ0v) is 12.5. The molecule has 0 amide bonds. The van der Waals surface area contributed by atoms with Crippen molar-refractivity contribution in [1.29, 1.82) is 0 Å². The highest BCUT2D eigenvalue weighted by Crippen LogP contribution is 2.23. The number of benzene rings is 1. The van der Waals surface area contributed by atoms with Crippen LogP contribution in [0.1, 0.15) is 11.1 Å². The fourth-order valence-corrected chi connectivity index (χ4v) is 2.09. The molecule has 1 heterocycles. The Morgan fingerprint density at radius 1 is 1.12 bits per heavy atom. The number of halogens is 2. The summed E-state index contributed by atoms with van der Waals surface area (Å²) in [5.41, 5.74) is 2.40. The molecule has 0 atom stereocenters. The Morgan fingerprint density at radius 3 is 2.53 bits per heavy atom. The lowest BCUT2D eigenvalue weighted by atomic mass is 10.2. The Hall–Kier alpha value is -0.870. The third-order valence-electron chi connectivity index (χ3n) is 2.46. The lowest BCUT2D eigenvalue weighted by molar-refractivity contribution is 1.10. The first-order valence-electron chi connectivity index (χ1n) is 5.26. The Bertz CT molecular complexity index is 509. The van der Waals surface area contributed by atoms with Crippen LogP contribution in [-0.2, 0) is 6.54 Å². The number of nitrogens with one attached hydrogen (secondary N) is 1. The number of aryl methyl sites for hydroxylation is 1. The number of hydrogen-bond donors (Lipinski definition) is 1. The van der Waals surface area contributed by atoms with E-state index < -0.39 is 0 Å². The quantitative estimate of drug-likeness (QED) is 0.875. The summed E-state index contributed by atoms with van der Waals surface area (Å²) in [6.07, 6.45) is 1.81. The molecule has 88 valence electrons. The van der Waals surface area contributed by atoms with Gasteiger partial charge in [-0.15, -0.1) is 0 Å². The van der Waals surface area contributed by atoms with E-state index >= 15 is 0 Å². The highest BCUT2D eigenvalue weighted by Gasteiger charge is 2.03. The molecule has 0 radical (unpaired) electrons. The van der Waals surface area contributed by atoms with Gasteiger partial charge in [0.15, 0.2) is 0 Å². The van der Waals surface area contributed by atoms with Gasteiger partial charge in [-0.3, -0.25) is 0 Å². The molecule has 0 aliphatic carbocycles. The van der Waals surface area contributed by atoms with E-state index in [4.69, 9.17) is 0 Å². The molecule has 0 saturated carbocycles. The summed E-state index contributed by atoms with van der Waals surface area (Å²) in [7, 11) is 0. The van der Waals surface area contributed by atoms with Gasteiger partial charge in [0.1, 0.15) is 5.82 Å². The first-order chi connectivity index (χ1) is 8.16. The number of hydrogen-bond acceptors (Lipinski definition) is 2. The molecule has 1 aromatic heterocycles. The fraction of sp³-hybridized carbons (Fsp3) is 0.154. The first-order valence-corrected chi connectivity index (χ1v) is 6.85. The number of pyridine rings is 1. The van der Waals surface area contributed by atoms with Gasteiger partial charge in [0.2, 0.25) is 0 Å². The molecule has 2 rings (SSSR count). The van der Waals surface area contributed by atoms with E-state index in [-0.39, 0.29) is 0 Å². The minimum absolute atomic E-state index is 0.766. The Labute approximate surface area is 118 Å². The zero-order chi connectivity index (χ0) is 12.3. The monoisotopic (exact) mass is 354 g/mol. The van der Waals surface area contributed by atoms with Crippen LogP contribution >= 0.6 is 31.9 Å². The van der Waals surface area contributed by atoms with E-state index in [1.165, 1.54) is 11.1 Å². The van der Waals surface area contributed by atoms with E-state index in [0.29, 0.717) is 0 Å². The molecule has 2 nitrogen and oxygen atoms in total. The molecule has 0 unspecified atom stereocenters.